The van der Waals surface area contributed by atoms with Crippen molar-refractivity contribution >= 4 is 17.2 Å². The zero-order valence-electron chi connectivity index (χ0n) is 13.2. The molecule has 0 unspecified atom stereocenters. The molecule has 1 saturated heterocycles. The Morgan fingerprint density at radius 1 is 1.23 bits per heavy atom. The summed E-state index contributed by atoms with van der Waals surface area (Å²) < 4.78 is 5.47. The maximum absolute atomic E-state index is 5.47. The molecule has 5 nitrogen and oxygen atoms in total. The Labute approximate surface area is 135 Å². The maximum atomic E-state index is 5.47. The summed E-state index contributed by atoms with van der Waals surface area (Å²) in [5, 5.41) is 2.15. The predicted molar refractivity (Wildman–Crippen MR) is 90.0 cm³/mol. The summed E-state index contributed by atoms with van der Waals surface area (Å²) in [4.78, 5) is 14.9. The number of methoxy groups -OCH3 is 1. The van der Waals surface area contributed by atoms with Crippen LogP contribution in [0.4, 0.5) is 5.82 Å². The van der Waals surface area contributed by atoms with Gasteiger partial charge in [0.25, 0.3) is 0 Å². The van der Waals surface area contributed by atoms with Crippen LogP contribution in [0.25, 0.3) is 0 Å². The van der Waals surface area contributed by atoms with Gasteiger partial charge in [0.1, 0.15) is 6.33 Å². The van der Waals surface area contributed by atoms with Crippen LogP contribution in [0.2, 0.25) is 0 Å². The van der Waals surface area contributed by atoms with Gasteiger partial charge in [0.2, 0.25) is 0 Å². The molecular formula is C16H22N4OS. The van der Waals surface area contributed by atoms with E-state index in [0.29, 0.717) is 0 Å². The van der Waals surface area contributed by atoms with Gasteiger partial charge in [-0.05, 0) is 24.8 Å². The van der Waals surface area contributed by atoms with E-state index in [1.807, 2.05) is 18.3 Å². The number of aromatic nitrogens is 2. The molecule has 0 bridgehead atoms. The molecule has 0 radical (unpaired) electrons. The van der Waals surface area contributed by atoms with Crippen molar-refractivity contribution in [3.05, 3.63) is 34.4 Å². The lowest BCUT2D eigenvalue weighted by molar-refractivity contribution is 0.260. The van der Waals surface area contributed by atoms with E-state index < -0.39 is 0 Å². The second-order valence-electron chi connectivity index (χ2n) is 5.47. The molecule has 0 aliphatic carbocycles. The van der Waals surface area contributed by atoms with Crippen LogP contribution >= 0.6 is 11.3 Å². The first-order valence-corrected chi connectivity index (χ1v) is 8.51. The molecule has 0 saturated carbocycles. The molecule has 1 aliphatic rings. The smallest absolute Gasteiger partial charge is 0.182 e. The number of anilines is 1. The number of rotatable bonds is 5. The first-order valence-electron chi connectivity index (χ1n) is 7.63. The number of ether oxygens (including phenoxy) is 1. The molecular weight excluding hydrogens is 296 g/mol. The minimum Gasteiger partial charge on any atom is -0.491 e. The van der Waals surface area contributed by atoms with Crippen molar-refractivity contribution in [2.45, 2.75) is 13.3 Å². The lowest BCUT2D eigenvalue weighted by atomic mass is 10.2. The summed E-state index contributed by atoms with van der Waals surface area (Å²) in [6.45, 7) is 7.19. The molecule has 2 aromatic heterocycles. The fourth-order valence-corrected chi connectivity index (χ4v) is 3.52. The van der Waals surface area contributed by atoms with E-state index in [2.05, 4.69) is 37.3 Å². The van der Waals surface area contributed by atoms with Gasteiger partial charge in [-0.15, -0.1) is 11.3 Å². The molecule has 0 atom stereocenters. The summed E-state index contributed by atoms with van der Waals surface area (Å²) >= 11 is 1.84. The molecule has 0 amide bonds. The van der Waals surface area contributed by atoms with E-state index in [0.717, 1.165) is 56.4 Å². The average Bonchev–Trinajstić information content (AvgIpc) is 3.07. The molecule has 2 aromatic rings. The predicted octanol–water partition coefficient (Wildman–Crippen LogP) is 2.22. The fraction of sp³-hybridized carbons (Fsp3) is 0.500. The first-order chi connectivity index (χ1) is 10.8. The highest BCUT2D eigenvalue weighted by molar-refractivity contribution is 7.09. The summed E-state index contributed by atoms with van der Waals surface area (Å²) in [5.74, 6) is 1.72. The third kappa shape index (κ3) is 3.39. The summed E-state index contributed by atoms with van der Waals surface area (Å²) in [6.07, 6.45) is 2.77. The minimum absolute atomic E-state index is 0.800. The molecule has 1 aliphatic heterocycles. The Morgan fingerprint density at radius 3 is 2.73 bits per heavy atom. The molecule has 6 heteroatoms. The maximum Gasteiger partial charge on any atom is 0.182 e. The second-order valence-corrected chi connectivity index (χ2v) is 6.51. The zero-order chi connectivity index (χ0) is 15.4. The van der Waals surface area contributed by atoms with Crippen LogP contribution in [0.5, 0.6) is 5.75 Å². The fourth-order valence-electron chi connectivity index (χ4n) is 2.82. The first kappa shape index (κ1) is 15.2. The highest BCUT2D eigenvalue weighted by Crippen LogP contribution is 2.28. The number of piperazine rings is 1. The van der Waals surface area contributed by atoms with Crippen LogP contribution in [-0.4, -0.2) is 54.7 Å². The average molecular weight is 318 g/mol. The molecule has 0 aromatic carbocycles. The van der Waals surface area contributed by atoms with Gasteiger partial charge in [-0.3, -0.25) is 4.90 Å². The van der Waals surface area contributed by atoms with Gasteiger partial charge in [0, 0.05) is 37.6 Å². The minimum atomic E-state index is 0.800. The molecule has 0 N–H and O–H groups in total. The topological polar surface area (TPSA) is 41.5 Å². The second kappa shape index (κ2) is 7.07. The highest BCUT2D eigenvalue weighted by atomic mass is 32.1. The summed E-state index contributed by atoms with van der Waals surface area (Å²) in [6, 6.07) is 4.34. The van der Waals surface area contributed by atoms with Crippen LogP contribution in [0, 0.1) is 6.92 Å². The van der Waals surface area contributed by atoms with Gasteiger partial charge in [-0.2, -0.15) is 0 Å². The quantitative estimate of drug-likeness (QED) is 0.845. The highest BCUT2D eigenvalue weighted by Gasteiger charge is 2.21. The van der Waals surface area contributed by atoms with Gasteiger partial charge < -0.3 is 9.64 Å². The van der Waals surface area contributed by atoms with Crippen molar-refractivity contribution in [2.75, 3.05) is 44.7 Å². The Kier molecular flexibility index (Phi) is 4.90. The molecule has 3 heterocycles. The van der Waals surface area contributed by atoms with Crippen LogP contribution in [0.15, 0.2) is 23.8 Å². The number of nitrogens with zero attached hydrogens (tertiary/aromatic N) is 4. The third-order valence-corrected chi connectivity index (χ3v) is 5.03. The van der Waals surface area contributed by atoms with Crippen molar-refractivity contribution in [2.24, 2.45) is 0 Å². The SMILES string of the molecule is COc1c(C)ncnc1N1CCN(CCc2cccs2)CC1. The van der Waals surface area contributed by atoms with Gasteiger partial charge in [-0.1, -0.05) is 6.07 Å². The van der Waals surface area contributed by atoms with Crippen LogP contribution in [-0.2, 0) is 6.42 Å². The number of hydrogen-bond acceptors (Lipinski definition) is 6. The van der Waals surface area contributed by atoms with Crippen molar-refractivity contribution in [1.29, 1.82) is 0 Å². The van der Waals surface area contributed by atoms with E-state index in [9.17, 15) is 0 Å². The molecule has 3 rings (SSSR count). The van der Waals surface area contributed by atoms with E-state index in [1.165, 1.54) is 4.88 Å². The Morgan fingerprint density at radius 2 is 2.05 bits per heavy atom. The number of thiophene rings is 1. The van der Waals surface area contributed by atoms with Crippen molar-refractivity contribution in [1.82, 2.24) is 14.9 Å². The van der Waals surface area contributed by atoms with E-state index >= 15 is 0 Å². The Bertz CT molecular complexity index is 594. The van der Waals surface area contributed by atoms with Gasteiger partial charge in [0.05, 0.1) is 12.8 Å². The lowest BCUT2D eigenvalue weighted by Gasteiger charge is -2.35. The summed E-state index contributed by atoms with van der Waals surface area (Å²) in [5.41, 5.74) is 0.896. The largest absolute Gasteiger partial charge is 0.491 e. The molecule has 0 spiro atoms. The van der Waals surface area contributed by atoms with Crippen molar-refractivity contribution < 1.29 is 4.74 Å². The normalized spacial score (nSPS) is 16.0. The lowest BCUT2D eigenvalue weighted by Crippen LogP contribution is -2.47. The molecule has 118 valence electrons. The van der Waals surface area contributed by atoms with Gasteiger partial charge in [-0.25, -0.2) is 9.97 Å². The molecule has 1 fully saturated rings. The van der Waals surface area contributed by atoms with E-state index in [1.54, 1.807) is 13.4 Å². The Balaban J connectivity index is 1.56. The van der Waals surface area contributed by atoms with E-state index in [-0.39, 0.29) is 0 Å². The number of aryl methyl sites for hydroxylation is 1. The van der Waals surface area contributed by atoms with Crippen LogP contribution < -0.4 is 9.64 Å². The van der Waals surface area contributed by atoms with E-state index in [4.69, 9.17) is 4.74 Å². The monoisotopic (exact) mass is 318 g/mol. The van der Waals surface area contributed by atoms with Crippen molar-refractivity contribution in [3.63, 3.8) is 0 Å². The van der Waals surface area contributed by atoms with Gasteiger partial charge in [0.15, 0.2) is 11.6 Å². The third-order valence-electron chi connectivity index (χ3n) is 4.09. The van der Waals surface area contributed by atoms with Crippen molar-refractivity contribution in [3.8, 4) is 5.75 Å². The van der Waals surface area contributed by atoms with Gasteiger partial charge >= 0.3 is 0 Å². The summed E-state index contributed by atoms with van der Waals surface area (Å²) in [7, 11) is 1.69. The zero-order valence-corrected chi connectivity index (χ0v) is 14.0. The molecule has 22 heavy (non-hydrogen) atoms. The number of hydrogen-bond donors (Lipinski definition) is 0. The standard InChI is InChI=1S/C16H22N4OS/c1-13-15(21-2)16(18-12-17-13)20-9-7-19(8-10-20)6-5-14-4-3-11-22-14/h3-4,11-12H,5-10H2,1-2H3. The Hall–Kier alpha value is -1.66. The van der Waals surface area contributed by atoms with Crippen LogP contribution in [0.1, 0.15) is 10.6 Å². The van der Waals surface area contributed by atoms with Crippen LogP contribution in [0.3, 0.4) is 0 Å².